The molecule has 1 N–H and O–H groups in total. The number of hydrogen-bond donors (Lipinski definition) is 1. The monoisotopic (exact) mass is 417 g/mol. The molecule has 1 aliphatic heterocycles. The Hall–Kier alpha value is -3.42. The van der Waals surface area contributed by atoms with Crippen LogP contribution in [0.2, 0.25) is 5.02 Å². The van der Waals surface area contributed by atoms with Gasteiger partial charge in [-0.1, -0.05) is 41.7 Å². The lowest BCUT2D eigenvalue weighted by Gasteiger charge is -2.16. The number of carbonyl (C=O) groups excluding carboxylic acids is 1. The van der Waals surface area contributed by atoms with Gasteiger partial charge in [0.1, 0.15) is 11.9 Å². The number of nitrogens with one attached hydrogen (secondary N) is 1. The smallest absolute Gasteiger partial charge is 0.408 e. The highest BCUT2D eigenvalue weighted by Gasteiger charge is 2.34. The van der Waals surface area contributed by atoms with Crippen molar-refractivity contribution in [3.8, 4) is 11.8 Å². The van der Waals surface area contributed by atoms with E-state index in [0.29, 0.717) is 5.02 Å². The summed E-state index contributed by atoms with van der Waals surface area (Å²) in [6.45, 7) is 0. The standard InChI is InChI=1S/C25H20ClNO3/c1-29-22-7-3-5-19(15-22)16-23-24(27-25(28)30-23)20-6-2-4-18(14-20)9-8-17-10-12-21(26)13-11-17/h2-4,6-7,10-16,23-24H,5H2,1H3,(H,27,28). The van der Waals surface area contributed by atoms with E-state index >= 15 is 0 Å². The van der Waals surface area contributed by atoms with E-state index in [-0.39, 0.29) is 6.04 Å². The highest BCUT2D eigenvalue weighted by Crippen LogP contribution is 2.29. The summed E-state index contributed by atoms with van der Waals surface area (Å²) in [6, 6.07) is 14.9. The molecule has 1 heterocycles. The Labute approximate surface area is 180 Å². The molecule has 2 aliphatic rings. The third-order valence-corrected chi connectivity index (χ3v) is 5.12. The highest BCUT2D eigenvalue weighted by molar-refractivity contribution is 6.30. The predicted octanol–water partition coefficient (Wildman–Crippen LogP) is 5.31. The fraction of sp³-hybridized carbons (Fsp3) is 0.160. The average molecular weight is 418 g/mol. The lowest BCUT2D eigenvalue weighted by Crippen LogP contribution is -2.22. The minimum atomic E-state index is -0.429. The summed E-state index contributed by atoms with van der Waals surface area (Å²) >= 11 is 5.92. The molecule has 4 rings (SSSR count). The maximum atomic E-state index is 12.0. The molecular formula is C25H20ClNO3. The molecule has 2 unspecified atom stereocenters. The number of methoxy groups -OCH3 is 1. The van der Waals surface area contributed by atoms with Crippen LogP contribution in [0.4, 0.5) is 4.79 Å². The average Bonchev–Trinajstić information content (AvgIpc) is 3.13. The third kappa shape index (κ3) is 4.76. The Morgan fingerprint density at radius 2 is 1.97 bits per heavy atom. The predicted molar refractivity (Wildman–Crippen MR) is 117 cm³/mol. The number of alkyl carbamates (subject to hydrolysis) is 1. The van der Waals surface area contributed by atoms with Crippen LogP contribution in [0.5, 0.6) is 0 Å². The van der Waals surface area contributed by atoms with E-state index in [0.717, 1.165) is 34.4 Å². The van der Waals surface area contributed by atoms with Gasteiger partial charge in [-0.05, 0) is 72.2 Å². The number of allylic oxidation sites excluding steroid dienone is 4. The molecule has 150 valence electrons. The van der Waals surface area contributed by atoms with Gasteiger partial charge in [0.15, 0.2) is 0 Å². The molecule has 30 heavy (non-hydrogen) atoms. The number of hydrogen-bond acceptors (Lipinski definition) is 3. The molecule has 0 bridgehead atoms. The number of amides is 1. The van der Waals surface area contributed by atoms with Crippen molar-refractivity contribution in [2.45, 2.75) is 18.6 Å². The number of halogens is 1. The molecule has 5 heteroatoms. The van der Waals surface area contributed by atoms with E-state index < -0.39 is 12.2 Å². The zero-order chi connectivity index (χ0) is 20.9. The molecule has 1 saturated heterocycles. The molecule has 0 radical (unpaired) electrons. The summed E-state index contributed by atoms with van der Waals surface area (Å²) in [4.78, 5) is 12.0. The van der Waals surface area contributed by atoms with Crippen LogP contribution in [0.25, 0.3) is 0 Å². The number of benzene rings is 2. The van der Waals surface area contributed by atoms with Crippen LogP contribution in [-0.2, 0) is 9.47 Å². The Morgan fingerprint density at radius 3 is 2.77 bits per heavy atom. The van der Waals surface area contributed by atoms with Crippen molar-refractivity contribution in [1.82, 2.24) is 5.32 Å². The zero-order valence-electron chi connectivity index (χ0n) is 16.4. The van der Waals surface area contributed by atoms with Crippen LogP contribution in [0.3, 0.4) is 0 Å². The fourth-order valence-electron chi connectivity index (χ4n) is 3.38. The summed E-state index contributed by atoms with van der Waals surface area (Å²) in [5.74, 6) is 7.08. The largest absolute Gasteiger partial charge is 0.497 e. The van der Waals surface area contributed by atoms with E-state index in [4.69, 9.17) is 21.1 Å². The summed E-state index contributed by atoms with van der Waals surface area (Å²) in [7, 11) is 1.63. The Bertz CT molecular complexity index is 1100. The van der Waals surface area contributed by atoms with E-state index in [1.165, 1.54) is 0 Å². The quantitative estimate of drug-likeness (QED) is 0.689. The molecule has 4 nitrogen and oxygen atoms in total. The fourth-order valence-corrected chi connectivity index (χ4v) is 3.51. The topological polar surface area (TPSA) is 47.6 Å². The molecule has 1 fully saturated rings. The van der Waals surface area contributed by atoms with Crippen molar-refractivity contribution in [2.24, 2.45) is 0 Å². The van der Waals surface area contributed by atoms with Gasteiger partial charge in [-0.15, -0.1) is 0 Å². The molecule has 0 aromatic heterocycles. The van der Waals surface area contributed by atoms with E-state index in [2.05, 4.69) is 17.2 Å². The molecule has 0 saturated carbocycles. The van der Waals surface area contributed by atoms with Gasteiger partial charge in [-0.2, -0.15) is 0 Å². The number of carbonyl (C=O) groups is 1. The van der Waals surface area contributed by atoms with Crippen LogP contribution < -0.4 is 5.32 Å². The Kier molecular flexibility index (Phi) is 5.92. The summed E-state index contributed by atoms with van der Waals surface area (Å²) in [5, 5.41) is 3.58. The molecular weight excluding hydrogens is 398 g/mol. The van der Waals surface area contributed by atoms with Crippen molar-refractivity contribution >= 4 is 17.7 Å². The van der Waals surface area contributed by atoms with Gasteiger partial charge in [-0.3, -0.25) is 0 Å². The van der Waals surface area contributed by atoms with Gasteiger partial charge in [0.25, 0.3) is 0 Å². The van der Waals surface area contributed by atoms with Crippen molar-refractivity contribution < 1.29 is 14.3 Å². The minimum absolute atomic E-state index is 0.285. The molecule has 1 aliphatic carbocycles. The molecule has 1 amide bonds. The first-order chi connectivity index (χ1) is 14.6. The normalized spacial score (nSPS) is 21.3. The first-order valence-corrected chi connectivity index (χ1v) is 9.96. The second kappa shape index (κ2) is 8.94. The van der Waals surface area contributed by atoms with E-state index in [1.807, 2.05) is 72.8 Å². The van der Waals surface area contributed by atoms with Gasteiger partial charge < -0.3 is 14.8 Å². The van der Waals surface area contributed by atoms with Crippen LogP contribution in [-0.4, -0.2) is 19.3 Å². The van der Waals surface area contributed by atoms with Crippen molar-refractivity contribution in [1.29, 1.82) is 0 Å². The minimum Gasteiger partial charge on any atom is -0.497 e. The van der Waals surface area contributed by atoms with E-state index in [1.54, 1.807) is 7.11 Å². The number of ether oxygens (including phenoxy) is 2. The van der Waals surface area contributed by atoms with Gasteiger partial charge in [-0.25, -0.2) is 4.79 Å². The van der Waals surface area contributed by atoms with Gasteiger partial charge in [0.05, 0.1) is 13.2 Å². The molecule has 0 spiro atoms. The molecule has 2 aromatic carbocycles. The van der Waals surface area contributed by atoms with Gasteiger partial charge >= 0.3 is 6.09 Å². The zero-order valence-corrected chi connectivity index (χ0v) is 17.1. The summed E-state index contributed by atoms with van der Waals surface area (Å²) < 4.78 is 10.8. The van der Waals surface area contributed by atoms with Crippen LogP contribution in [0.1, 0.15) is 29.2 Å². The van der Waals surface area contributed by atoms with Crippen LogP contribution >= 0.6 is 11.6 Å². The van der Waals surface area contributed by atoms with Crippen molar-refractivity contribution in [3.05, 3.63) is 106 Å². The summed E-state index contributed by atoms with van der Waals surface area (Å²) in [5.41, 5.74) is 3.72. The lowest BCUT2D eigenvalue weighted by molar-refractivity contribution is 0.153. The maximum absolute atomic E-state index is 12.0. The highest BCUT2D eigenvalue weighted by atomic mass is 35.5. The van der Waals surface area contributed by atoms with Gasteiger partial charge in [0, 0.05) is 16.1 Å². The SMILES string of the molecule is COC1=CC(=CC2OC(=O)NC2c2cccc(C#Cc3ccc(Cl)cc3)c2)CC=C1. The lowest BCUT2D eigenvalue weighted by atomic mass is 9.96. The second-order valence-corrected chi connectivity index (χ2v) is 7.41. The number of rotatable bonds is 3. The van der Waals surface area contributed by atoms with Crippen molar-refractivity contribution in [3.63, 3.8) is 0 Å². The summed E-state index contributed by atoms with van der Waals surface area (Å²) in [6.07, 6.45) is 7.80. The Morgan fingerprint density at radius 1 is 1.17 bits per heavy atom. The third-order valence-electron chi connectivity index (χ3n) is 4.86. The number of cyclic esters (lactones) is 1. The molecule has 2 atom stereocenters. The first-order valence-electron chi connectivity index (χ1n) is 9.58. The Balaban J connectivity index is 1.57. The first kappa shape index (κ1) is 19.9. The van der Waals surface area contributed by atoms with Gasteiger partial charge in [0.2, 0.25) is 0 Å². The maximum Gasteiger partial charge on any atom is 0.408 e. The van der Waals surface area contributed by atoms with Crippen LogP contribution in [0, 0.1) is 11.8 Å². The molecule has 2 aromatic rings. The van der Waals surface area contributed by atoms with Crippen molar-refractivity contribution in [2.75, 3.05) is 7.11 Å². The van der Waals surface area contributed by atoms with E-state index in [9.17, 15) is 4.79 Å². The van der Waals surface area contributed by atoms with Crippen LogP contribution in [0.15, 0.2) is 84.2 Å². The second-order valence-electron chi connectivity index (χ2n) is 6.97.